The number of hydrogen-bond donors (Lipinski definition) is 1. The quantitative estimate of drug-likeness (QED) is 0.322. The number of carbonyl (C=O) groups is 4. The lowest BCUT2D eigenvalue weighted by atomic mass is 9.98. The van der Waals surface area contributed by atoms with E-state index in [-0.39, 0.29) is 32.3 Å². The summed E-state index contributed by atoms with van der Waals surface area (Å²) in [4.78, 5) is 48.5. The van der Waals surface area contributed by atoms with E-state index in [0.717, 1.165) is 0 Å². The highest BCUT2D eigenvalue weighted by Gasteiger charge is 2.52. The van der Waals surface area contributed by atoms with Gasteiger partial charge in [-0.05, 0) is 25.7 Å². The molecular weight excluding hydrogens is 424 g/mol. The lowest BCUT2D eigenvalue weighted by Crippen LogP contribution is -2.62. The Morgan fingerprint density at radius 1 is 0.656 bits per heavy atom. The van der Waals surface area contributed by atoms with Crippen LogP contribution in [0.15, 0.2) is 0 Å². The summed E-state index contributed by atoms with van der Waals surface area (Å²) in [6, 6.07) is 0. The molecule has 1 rings (SSSR count). The van der Waals surface area contributed by atoms with Gasteiger partial charge in [0.05, 0.1) is 0 Å². The molecule has 0 aliphatic carbocycles. The maximum absolute atomic E-state index is 12.3. The number of aliphatic hydroxyl groups is 1. The summed E-state index contributed by atoms with van der Waals surface area (Å²) < 4.78 is 27.0. The fraction of sp³-hybridized carbons (Fsp3) is 0.818. The predicted octanol–water partition coefficient (Wildman–Crippen LogP) is 2.18. The molecule has 1 aliphatic rings. The SMILES string of the molecule is CCCC(=O)OC[C@H]1O[C@H](O)[C@@H](OC(=O)CCC)[C@@H](OC(=O)CCC)[C@@H]1OC(=O)CCC. The van der Waals surface area contributed by atoms with E-state index in [4.69, 9.17) is 23.7 Å². The topological polar surface area (TPSA) is 135 Å². The van der Waals surface area contributed by atoms with Gasteiger partial charge < -0.3 is 28.8 Å². The van der Waals surface area contributed by atoms with Crippen molar-refractivity contribution in [1.82, 2.24) is 0 Å². The fourth-order valence-corrected chi connectivity index (χ4v) is 3.13. The van der Waals surface area contributed by atoms with E-state index in [1.165, 1.54) is 0 Å². The smallest absolute Gasteiger partial charge is 0.306 e. The normalized spacial score (nSPS) is 25.0. The molecule has 0 radical (unpaired) electrons. The molecule has 184 valence electrons. The minimum Gasteiger partial charge on any atom is -0.463 e. The van der Waals surface area contributed by atoms with E-state index in [2.05, 4.69) is 0 Å². The van der Waals surface area contributed by atoms with Crippen LogP contribution in [0.1, 0.15) is 79.1 Å². The lowest BCUT2D eigenvalue weighted by Gasteiger charge is -2.42. The van der Waals surface area contributed by atoms with Gasteiger partial charge in [-0.2, -0.15) is 0 Å². The lowest BCUT2D eigenvalue weighted by molar-refractivity contribution is -0.297. The van der Waals surface area contributed by atoms with Crippen molar-refractivity contribution in [1.29, 1.82) is 0 Å². The average Bonchev–Trinajstić information content (AvgIpc) is 2.72. The molecule has 1 N–H and O–H groups in total. The van der Waals surface area contributed by atoms with Crippen LogP contribution in [0.3, 0.4) is 0 Å². The Kier molecular flexibility index (Phi) is 12.9. The van der Waals surface area contributed by atoms with Crippen LogP contribution >= 0.6 is 0 Å². The molecule has 1 saturated heterocycles. The highest BCUT2D eigenvalue weighted by Crippen LogP contribution is 2.29. The van der Waals surface area contributed by atoms with Gasteiger partial charge in [0, 0.05) is 25.7 Å². The van der Waals surface area contributed by atoms with Crippen LogP contribution in [0.5, 0.6) is 0 Å². The number of rotatable bonds is 13. The summed E-state index contributed by atoms with van der Waals surface area (Å²) in [6.45, 7) is 6.84. The van der Waals surface area contributed by atoms with Gasteiger partial charge in [-0.15, -0.1) is 0 Å². The molecule has 32 heavy (non-hydrogen) atoms. The Morgan fingerprint density at radius 3 is 1.53 bits per heavy atom. The van der Waals surface area contributed by atoms with Crippen LogP contribution in [-0.4, -0.2) is 66.3 Å². The predicted molar refractivity (Wildman–Crippen MR) is 111 cm³/mol. The van der Waals surface area contributed by atoms with Gasteiger partial charge in [-0.1, -0.05) is 27.7 Å². The first-order chi connectivity index (χ1) is 15.3. The molecule has 0 amide bonds. The summed E-state index contributed by atoms with van der Waals surface area (Å²) in [5, 5.41) is 10.5. The maximum atomic E-state index is 12.3. The summed E-state index contributed by atoms with van der Waals surface area (Å²) in [7, 11) is 0. The minimum atomic E-state index is -1.67. The molecule has 10 nitrogen and oxygen atoms in total. The molecule has 0 unspecified atom stereocenters. The van der Waals surface area contributed by atoms with E-state index >= 15 is 0 Å². The van der Waals surface area contributed by atoms with E-state index in [1.807, 2.05) is 6.92 Å². The second kappa shape index (κ2) is 14.8. The Hall–Kier alpha value is -2.20. The molecule has 1 aliphatic heterocycles. The number of ether oxygens (including phenoxy) is 5. The average molecular weight is 461 g/mol. The number of hydrogen-bond acceptors (Lipinski definition) is 10. The Morgan fingerprint density at radius 2 is 1.06 bits per heavy atom. The third kappa shape index (κ3) is 9.12. The van der Waals surface area contributed by atoms with E-state index in [9.17, 15) is 24.3 Å². The molecule has 0 aromatic rings. The molecule has 0 spiro atoms. The first-order valence-corrected chi connectivity index (χ1v) is 11.3. The van der Waals surface area contributed by atoms with Crippen molar-refractivity contribution in [3.63, 3.8) is 0 Å². The van der Waals surface area contributed by atoms with Crippen molar-refractivity contribution in [3.8, 4) is 0 Å². The summed E-state index contributed by atoms with van der Waals surface area (Å²) in [5.74, 6) is -2.30. The van der Waals surface area contributed by atoms with Crippen molar-refractivity contribution >= 4 is 23.9 Å². The van der Waals surface area contributed by atoms with Crippen molar-refractivity contribution in [2.24, 2.45) is 0 Å². The zero-order chi connectivity index (χ0) is 24.1. The van der Waals surface area contributed by atoms with Crippen LogP contribution in [-0.2, 0) is 42.9 Å². The summed E-state index contributed by atoms with van der Waals surface area (Å²) in [5.41, 5.74) is 0. The molecule has 10 heteroatoms. The van der Waals surface area contributed by atoms with Crippen molar-refractivity contribution in [3.05, 3.63) is 0 Å². The van der Waals surface area contributed by atoms with Gasteiger partial charge in [0.15, 0.2) is 24.6 Å². The molecule has 5 atom stereocenters. The number of aliphatic hydroxyl groups excluding tert-OH is 1. The van der Waals surface area contributed by atoms with Gasteiger partial charge in [0.25, 0.3) is 0 Å². The second-order valence-corrected chi connectivity index (χ2v) is 7.61. The first-order valence-electron chi connectivity index (χ1n) is 11.3. The van der Waals surface area contributed by atoms with E-state index in [1.54, 1.807) is 20.8 Å². The summed E-state index contributed by atoms with van der Waals surface area (Å²) in [6.07, 6.45) is -4.23. The van der Waals surface area contributed by atoms with Crippen molar-refractivity contribution in [2.45, 2.75) is 110 Å². The standard InChI is InChI=1S/C22H36O10/c1-5-9-15(23)28-13-14-19(30-16(24)10-6-2)20(31-17(25)11-7-3)21(22(27)29-14)32-18(26)12-8-4/h14,19-22,27H,5-13H2,1-4H3/t14-,19-,20+,21+,22+/m1/s1. The van der Waals surface area contributed by atoms with E-state index in [0.29, 0.717) is 25.7 Å². The zero-order valence-electron chi connectivity index (χ0n) is 19.4. The zero-order valence-corrected chi connectivity index (χ0v) is 19.4. The second-order valence-electron chi connectivity index (χ2n) is 7.61. The third-order valence-corrected chi connectivity index (χ3v) is 4.64. The summed E-state index contributed by atoms with van der Waals surface area (Å²) >= 11 is 0. The maximum Gasteiger partial charge on any atom is 0.306 e. The molecule has 1 fully saturated rings. The first kappa shape index (κ1) is 27.8. The molecule has 0 bridgehead atoms. The fourth-order valence-electron chi connectivity index (χ4n) is 3.13. The molecule has 0 saturated carbocycles. The highest BCUT2D eigenvalue weighted by molar-refractivity contribution is 5.72. The largest absolute Gasteiger partial charge is 0.463 e. The minimum absolute atomic E-state index is 0.0782. The van der Waals surface area contributed by atoms with Crippen molar-refractivity contribution in [2.75, 3.05) is 6.61 Å². The number of carbonyl (C=O) groups excluding carboxylic acids is 4. The van der Waals surface area contributed by atoms with Crippen LogP contribution in [0.2, 0.25) is 0 Å². The third-order valence-electron chi connectivity index (χ3n) is 4.64. The van der Waals surface area contributed by atoms with Crippen LogP contribution in [0, 0.1) is 0 Å². The van der Waals surface area contributed by atoms with Gasteiger partial charge in [0.2, 0.25) is 0 Å². The number of esters is 4. The van der Waals surface area contributed by atoms with Gasteiger partial charge in [-0.25, -0.2) is 0 Å². The van der Waals surface area contributed by atoms with Crippen LogP contribution < -0.4 is 0 Å². The van der Waals surface area contributed by atoms with Crippen molar-refractivity contribution < 1.29 is 48.0 Å². The Labute approximate surface area is 188 Å². The van der Waals surface area contributed by atoms with Crippen LogP contribution in [0.25, 0.3) is 0 Å². The highest BCUT2D eigenvalue weighted by atomic mass is 16.7. The molecule has 0 aromatic carbocycles. The molecule has 1 heterocycles. The van der Waals surface area contributed by atoms with Gasteiger partial charge in [0.1, 0.15) is 12.7 Å². The molecular formula is C22H36O10. The molecule has 0 aromatic heterocycles. The Balaban J connectivity index is 3.19. The van der Waals surface area contributed by atoms with Gasteiger partial charge in [-0.3, -0.25) is 19.2 Å². The van der Waals surface area contributed by atoms with Crippen LogP contribution in [0.4, 0.5) is 0 Å². The van der Waals surface area contributed by atoms with Gasteiger partial charge >= 0.3 is 23.9 Å². The Bertz CT molecular complexity index is 620. The van der Waals surface area contributed by atoms with E-state index < -0.39 is 54.6 Å². The monoisotopic (exact) mass is 460 g/mol.